The zero-order valence-corrected chi connectivity index (χ0v) is 15.5. The number of anilines is 1. The molecule has 2 atom stereocenters. The molecular weight excluding hydrogens is 318 g/mol. The third kappa shape index (κ3) is 3.65. The van der Waals surface area contributed by atoms with Crippen molar-refractivity contribution in [2.45, 2.75) is 64.8 Å². The van der Waals surface area contributed by atoms with Gasteiger partial charge in [0, 0.05) is 11.4 Å². The average Bonchev–Trinajstić information content (AvgIpc) is 2.74. The lowest BCUT2D eigenvalue weighted by Crippen LogP contribution is -2.46. The first-order valence-corrected chi connectivity index (χ1v) is 10.0. The lowest BCUT2D eigenvalue weighted by Gasteiger charge is -2.34. The molecule has 1 saturated heterocycles. The van der Waals surface area contributed by atoms with Gasteiger partial charge in [0.15, 0.2) is 0 Å². The van der Waals surface area contributed by atoms with Crippen LogP contribution >= 0.6 is 11.3 Å². The molecule has 0 bridgehead atoms. The van der Waals surface area contributed by atoms with Crippen molar-refractivity contribution in [1.82, 2.24) is 4.90 Å². The van der Waals surface area contributed by atoms with Gasteiger partial charge in [-0.2, -0.15) is 5.26 Å². The van der Waals surface area contributed by atoms with Gasteiger partial charge in [-0.3, -0.25) is 9.69 Å². The highest BCUT2D eigenvalue weighted by Crippen LogP contribution is 2.37. The number of aryl methyl sites for hydroxylation is 1. The number of fused-ring (bicyclic) bond motifs is 1. The van der Waals surface area contributed by atoms with Crippen molar-refractivity contribution in [2.24, 2.45) is 5.92 Å². The fraction of sp³-hybridized carbons (Fsp3) is 0.684. The van der Waals surface area contributed by atoms with E-state index in [1.165, 1.54) is 29.7 Å². The van der Waals surface area contributed by atoms with E-state index >= 15 is 0 Å². The Morgan fingerprint density at radius 2 is 2.12 bits per heavy atom. The number of nitriles is 1. The summed E-state index contributed by atoms with van der Waals surface area (Å²) in [6, 6.07) is 2.21. The standard InChI is InChI=1S/C19H27N3OS/c1-13-7-6-10-22(12-13)14(2)18(23)21-19-16(11-20)15-8-4-3-5-9-17(15)24-19/h13-14H,3-10,12H2,1-2H3,(H,21,23). The van der Waals surface area contributed by atoms with Crippen molar-refractivity contribution in [1.29, 1.82) is 5.26 Å². The monoisotopic (exact) mass is 345 g/mol. The zero-order chi connectivity index (χ0) is 17.1. The molecule has 2 unspecified atom stereocenters. The van der Waals surface area contributed by atoms with E-state index in [-0.39, 0.29) is 11.9 Å². The van der Waals surface area contributed by atoms with Crippen LogP contribution < -0.4 is 5.32 Å². The number of piperidine rings is 1. The first-order valence-electron chi connectivity index (χ1n) is 9.19. The van der Waals surface area contributed by atoms with Gasteiger partial charge >= 0.3 is 0 Å². The molecule has 3 rings (SSSR count). The fourth-order valence-corrected chi connectivity index (χ4v) is 5.15. The second-order valence-electron chi connectivity index (χ2n) is 7.29. The quantitative estimate of drug-likeness (QED) is 0.844. The molecule has 1 N–H and O–H groups in total. The molecule has 24 heavy (non-hydrogen) atoms. The van der Waals surface area contributed by atoms with Crippen LogP contribution in [0.2, 0.25) is 0 Å². The van der Waals surface area contributed by atoms with Crippen molar-refractivity contribution in [2.75, 3.05) is 18.4 Å². The van der Waals surface area contributed by atoms with Gasteiger partial charge in [-0.25, -0.2) is 0 Å². The summed E-state index contributed by atoms with van der Waals surface area (Å²) in [5.74, 6) is 0.679. The minimum Gasteiger partial charge on any atom is -0.315 e. The van der Waals surface area contributed by atoms with E-state index in [1.807, 2.05) is 6.92 Å². The second kappa shape index (κ2) is 7.67. The Labute approximate surface area is 148 Å². The molecule has 0 spiro atoms. The first-order chi connectivity index (χ1) is 11.6. The maximum absolute atomic E-state index is 12.7. The molecule has 1 aliphatic heterocycles. The summed E-state index contributed by atoms with van der Waals surface area (Å²) in [4.78, 5) is 16.3. The Bertz CT molecular complexity index is 646. The van der Waals surface area contributed by atoms with Crippen molar-refractivity contribution in [3.63, 3.8) is 0 Å². The van der Waals surface area contributed by atoms with Crippen LogP contribution in [0.3, 0.4) is 0 Å². The number of thiophene rings is 1. The largest absolute Gasteiger partial charge is 0.315 e. The second-order valence-corrected chi connectivity index (χ2v) is 8.39. The predicted octanol–water partition coefficient (Wildman–Crippen LogP) is 3.95. The highest BCUT2D eigenvalue weighted by Gasteiger charge is 2.27. The number of nitrogens with zero attached hydrogens (tertiary/aromatic N) is 2. The molecule has 4 nitrogen and oxygen atoms in total. The molecule has 1 amide bonds. The van der Waals surface area contributed by atoms with Gasteiger partial charge in [0.2, 0.25) is 5.91 Å². The zero-order valence-electron chi connectivity index (χ0n) is 14.7. The van der Waals surface area contributed by atoms with E-state index < -0.39 is 0 Å². The Morgan fingerprint density at radius 1 is 1.33 bits per heavy atom. The summed E-state index contributed by atoms with van der Waals surface area (Å²) in [6.07, 6.45) is 8.00. The molecule has 130 valence electrons. The smallest absolute Gasteiger partial charge is 0.242 e. The van der Waals surface area contributed by atoms with E-state index in [0.29, 0.717) is 11.5 Å². The maximum atomic E-state index is 12.7. The number of hydrogen-bond acceptors (Lipinski definition) is 4. The summed E-state index contributed by atoms with van der Waals surface area (Å²) in [6.45, 7) is 6.21. The number of hydrogen-bond donors (Lipinski definition) is 1. The number of amides is 1. The molecule has 0 radical (unpaired) electrons. The minimum absolute atomic E-state index is 0.0250. The number of nitrogens with one attached hydrogen (secondary N) is 1. The predicted molar refractivity (Wildman–Crippen MR) is 98.4 cm³/mol. The minimum atomic E-state index is -0.138. The van der Waals surface area contributed by atoms with E-state index in [1.54, 1.807) is 11.3 Å². The number of carbonyl (C=O) groups is 1. The van der Waals surface area contributed by atoms with Crippen LogP contribution in [0.25, 0.3) is 0 Å². The van der Waals surface area contributed by atoms with Crippen LogP contribution in [0.4, 0.5) is 5.00 Å². The third-order valence-corrected chi connectivity index (χ3v) is 6.59. The third-order valence-electron chi connectivity index (χ3n) is 5.39. The molecule has 1 aliphatic carbocycles. The summed E-state index contributed by atoms with van der Waals surface area (Å²) in [7, 11) is 0. The molecule has 0 aromatic carbocycles. The number of likely N-dealkylation sites (tertiary alicyclic amines) is 1. The van der Waals surface area contributed by atoms with Gasteiger partial charge in [-0.15, -0.1) is 11.3 Å². The molecule has 1 aromatic rings. The van der Waals surface area contributed by atoms with E-state index in [9.17, 15) is 10.1 Å². The Kier molecular flexibility index (Phi) is 5.57. The Hall–Kier alpha value is -1.38. The Morgan fingerprint density at radius 3 is 2.88 bits per heavy atom. The van der Waals surface area contributed by atoms with Crippen molar-refractivity contribution < 1.29 is 4.79 Å². The van der Waals surface area contributed by atoms with Gasteiger partial charge in [0.25, 0.3) is 0 Å². The average molecular weight is 346 g/mol. The summed E-state index contributed by atoms with van der Waals surface area (Å²) in [5, 5.41) is 13.4. The summed E-state index contributed by atoms with van der Waals surface area (Å²) >= 11 is 1.62. The van der Waals surface area contributed by atoms with Crippen LogP contribution in [0.5, 0.6) is 0 Å². The molecule has 1 aromatic heterocycles. The Balaban J connectivity index is 1.73. The molecular formula is C19H27N3OS. The van der Waals surface area contributed by atoms with Gasteiger partial charge in [-0.05, 0) is 63.5 Å². The number of carbonyl (C=O) groups excluding carboxylic acids is 1. The lowest BCUT2D eigenvalue weighted by molar-refractivity contribution is -0.121. The van der Waals surface area contributed by atoms with Crippen LogP contribution in [-0.2, 0) is 17.6 Å². The van der Waals surface area contributed by atoms with Gasteiger partial charge in [0.05, 0.1) is 11.6 Å². The number of rotatable bonds is 3. The molecule has 5 heteroatoms. The lowest BCUT2D eigenvalue weighted by atomic mass is 9.99. The SMILES string of the molecule is CC1CCCN(C(C)C(=O)Nc2sc3c(c2C#N)CCCCC3)C1. The summed E-state index contributed by atoms with van der Waals surface area (Å²) < 4.78 is 0. The van der Waals surface area contributed by atoms with Crippen LogP contribution in [0.15, 0.2) is 0 Å². The normalized spacial score (nSPS) is 23.0. The van der Waals surface area contributed by atoms with E-state index in [0.717, 1.165) is 43.8 Å². The molecule has 1 fully saturated rings. The van der Waals surface area contributed by atoms with Crippen LogP contribution in [0, 0.1) is 17.2 Å². The van der Waals surface area contributed by atoms with Crippen molar-refractivity contribution >= 4 is 22.2 Å². The topological polar surface area (TPSA) is 56.1 Å². The molecule has 2 aliphatic rings. The van der Waals surface area contributed by atoms with Crippen LogP contribution in [0.1, 0.15) is 62.0 Å². The maximum Gasteiger partial charge on any atom is 0.242 e. The van der Waals surface area contributed by atoms with E-state index in [2.05, 4.69) is 23.2 Å². The fourth-order valence-electron chi connectivity index (χ4n) is 3.91. The van der Waals surface area contributed by atoms with E-state index in [4.69, 9.17) is 0 Å². The van der Waals surface area contributed by atoms with Crippen molar-refractivity contribution in [3.05, 3.63) is 16.0 Å². The van der Waals surface area contributed by atoms with Gasteiger partial charge in [-0.1, -0.05) is 13.3 Å². The van der Waals surface area contributed by atoms with Crippen molar-refractivity contribution in [3.8, 4) is 6.07 Å². The summed E-state index contributed by atoms with van der Waals surface area (Å²) in [5.41, 5.74) is 1.90. The highest BCUT2D eigenvalue weighted by molar-refractivity contribution is 7.16. The molecule has 2 heterocycles. The van der Waals surface area contributed by atoms with Gasteiger partial charge in [0.1, 0.15) is 11.1 Å². The van der Waals surface area contributed by atoms with Crippen LogP contribution in [-0.4, -0.2) is 29.9 Å². The molecule has 0 saturated carbocycles. The first kappa shape index (κ1) is 17.4. The highest BCUT2D eigenvalue weighted by atomic mass is 32.1. The van der Waals surface area contributed by atoms with Gasteiger partial charge < -0.3 is 5.32 Å².